The van der Waals surface area contributed by atoms with Gasteiger partial charge in [0.25, 0.3) is 0 Å². The van der Waals surface area contributed by atoms with E-state index < -0.39 is 0 Å². The van der Waals surface area contributed by atoms with E-state index in [-0.39, 0.29) is 0 Å². The van der Waals surface area contributed by atoms with Crippen molar-refractivity contribution < 1.29 is 0 Å². The molecule has 0 spiro atoms. The maximum absolute atomic E-state index is 4.68. The Kier molecular flexibility index (Phi) is 5.79. The summed E-state index contributed by atoms with van der Waals surface area (Å²) >= 11 is 5.36. The van der Waals surface area contributed by atoms with Crippen molar-refractivity contribution in [3.05, 3.63) is 15.6 Å². The molecule has 4 heteroatoms. The molecule has 1 aromatic rings. The molecule has 0 unspecified atom stereocenters. The van der Waals surface area contributed by atoms with Crippen LogP contribution in [0.25, 0.3) is 0 Å². The highest BCUT2D eigenvalue weighted by Crippen LogP contribution is 2.22. The monoisotopic (exact) mass is 290 g/mol. The molecule has 0 atom stereocenters. The lowest BCUT2D eigenvalue weighted by Gasteiger charge is -2.15. The highest BCUT2D eigenvalue weighted by atomic mass is 79.9. The molecule has 0 fully saturated rings. The SMILES string of the molecule is CCc1nc(CN(CC)CC)sc1CBr. The molecule has 1 heterocycles. The van der Waals surface area contributed by atoms with E-state index in [2.05, 4.69) is 46.6 Å². The van der Waals surface area contributed by atoms with E-state index in [0.29, 0.717) is 0 Å². The molecular formula is C11H19BrN2S. The number of alkyl halides is 1. The van der Waals surface area contributed by atoms with Crippen molar-refractivity contribution in [3.63, 3.8) is 0 Å². The molecule has 0 amide bonds. The van der Waals surface area contributed by atoms with Crippen molar-refractivity contribution in [1.82, 2.24) is 9.88 Å². The molecule has 1 aromatic heterocycles. The fraction of sp³-hybridized carbons (Fsp3) is 0.727. The van der Waals surface area contributed by atoms with E-state index in [1.807, 2.05) is 11.3 Å². The smallest absolute Gasteiger partial charge is 0.107 e. The van der Waals surface area contributed by atoms with Gasteiger partial charge in [0, 0.05) is 10.2 Å². The molecule has 0 aliphatic heterocycles. The first-order valence-corrected chi connectivity index (χ1v) is 7.44. The van der Waals surface area contributed by atoms with E-state index in [9.17, 15) is 0 Å². The van der Waals surface area contributed by atoms with Crippen LogP contribution in [0.1, 0.15) is 36.3 Å². The molecule has 0 aliphatic rings. The van der Waals surface area contributed by atoms with Crippen molar-refractivity contribution >= 4 is 27.3 Å². The third-order valence-electron chi connectivity index (χ3n) is 2.53. The van der Waals surface area contributed by atoms with Crippen LogP contribution in [0, 0.1) is 0 Å². The molecule has 0 aromatic carbocycles. The summed E-state index contributed by atoms with van der Waals surface area (Å²) in [4.78, 5) is 8.47. The lowest BCUT2D eigenvalue weighted by atomic mass is 10.3. The standard InChI is InChI=1S/C11H19BrN2S/c1-4-9-10(7-12)15-11(13-9)8-14(5-2)6-3/h4-8H2,1-3H3. The Bertz CT molecular complexity index is 273. The topological polar surface area (TPSA) is 16.1 Å². The molecule has 86 valence electrons. The summed E-state index contributed by atoms with van der Waals surface area (Å²) in [6, 6.07) is 0. The van der Waals surface area contributed by atoms with Gasteiger partial charge in [-0.05, 0) is 19.5 Å². The van der Waals surface area contributed by atoms with Crippen LogP contribution in [0.3, 0.4) is 0 Å². The Labute approximate surface area is 105 Å². The zero-order valence-corrected chi connectivity index (χ0v) is 12.1. The summed E-state index contributed by atoms with van der Waals surface area (Å²) in [6.45, 7) is 9.76. The molecule has 0 radical (unpaired) electrons. The summed E-state index contributed by atoms with van der Waals surface area (Å²) in [7, 11) is 0. The maximum atomic E-state index is 4.68. The van der Waals surface area contributed by atoms with Crippen LogP contribution in [0.4, 0.5) is 0 Å². The van der Waals surface area contributed by atoms with Crippen LogP contribution in [0.2, 0.25) is 0 Å². The summed E-state index contributed by atoms with van der Waals surface area (Å²) < 4.78 is 0. The predicted octanol–water partition coefficient (Wildman–Crippen LogP) is 3.44. The third kappa shape index (κ3) is 3.54. The number of aromatic nitrogens is 1. The third-order valence-corrected chi connectivity index (χ3v) is 4.55. The molecule has 0 N–H and O–H groups in total. The van der Waals surface area contributed by atoms with Gasteiger partial charge in [0.15, 0.2) is 0 Å². The number of hydrogen-bond donors (Lipinski definition) is 0. The van der Waals surface area contributed by atoms with Crippen molar-refractivity contribution in [2.45, 2.75) is 39.1 Å². The maximum Gasteiger partial charge on any atom is 0.107 e. The minimum absolute atomic E-state index is 0.937. The first-order valence-electron chi connectivity index (χ1n) is 5.50. The van der Waals surface area contributed by atoms with Gasteiger partial charge in [-0.1, -0.05) is 36.7 Å². The number of rotatable bonds is 6. The average Bonchev–Trinajstić information content (AvgIpc) is 2.68. The second kappa shape index (κ2) is 6.61. The molecule has 0 saturated heterocycles. The number of thiazole rings is 1. The minimum atomic E-state index is 0.937. The molecule has 15 heavy (non-hydrogen) atoms. The minimum Gasteiger partial charge on any atom is -0.297 e. The summed E-state index contributed by atoms with van der Waals surface area (Å²) in [5.41, 5.74) is 1.26. The van der Waals surface area contributed by atoms with Crippen LogP contribution in [0.5, 0.6) is 0 Å². The fourth-order valence-corrected chi connectivity index (χ4v) is 3.24. The van der Waals surface area contributed by atoms with Crippen LogP contribution in [-0.2, 0) is 18.3 Å². The molecule has 1 rings (SSSR count). The predicted molar refractivity (Wildman–Crippen MR) is 70.7 cm³/mol. The second-order valence-corrected chi connectivity index (χ2v) is 5.15. The van der Waals surface area contributed by atoms with Crippen LogP contribution in [-0.4, -0.2) is 23.0 Å². The van der Waals surface area contributed by atoms with E-state index in [4.69, 9.17) is 0 Å². The van der Waals surface area contributed by atoms with Crippen LogP contribution >= 0.6 is 27.3 Å². The molecule has 0 aliphatic carbocycles. The first-order chi connectivity index (χ1) is 7.24. The number of hydrogen-bond acceptors (Lipinski definition) is 3. The first kappa shape index (κ1) is 13.1. The zero-order chi connectivity index (χ0) is 11.3. The summed E-state index contributed by atoms with van der Waals surface area (Å²) in [6.07, 6.45) is 1.04. The highest BCUT2D eigenvalue weighted by Gasteiger charge is 2.10. The normalized spacial score (nSPS) is 11.3. The molecule has 2 nitrogen and oxygen atoms in total. The van der Waals surface area contributed by atoms with E-state index >= 15 is 0 Å². The van der Waals surface area contributed by atoms with Gasteiger partial charge in [-0.25, -0.2) is 4.98 Å². The largest absolute Gasteiger partial charge is 0.297 e. The van der Waals surface area contributed by atoms with Gasteiger partial charge in [0.05, 0.1) is 12.2 Å². The van der Waals surface area contributed by atoms with Crippen molar-refractivity contribution in [1.29, 1.82) is 0 Å². The van der Waals surface area contributed by atoms with Gasteiger partial charge < -0.3 is 0 Å². The molecular weight excluding hydrogens is 272 g/mol. The number of halogens is 1. The Morgan fingerprint density at radius 1 is 1.27 bits per heavy atom. The van der Waals surface area contributed by atoms with Gasteiger partial charge in [-0.2, -0.15) is 0 Å². The average molecular weight is 291 g/mol. The van der Waals surface area contributed by atoms with Crippen LogP contribution in [0.15, 0.2) is 0 Å². The summed E-state index contributed by atoms with van der Waals surface area (Å²) in [5, 5.41) is 2.19. The highest BCUT2D eigenvalue weighted by molar-refractivity contribution is 9.08. The number of aryl methyl sites for hydroxylation is 1. The van der Waals surface area contributed by atoms with Gasteiger partial charge in [0.2, 0.25) is 0 Å². The van der Waals surface area contributed by atoms with Gasteiger partial charge in [-0.15, -0.1) is 11.3 Å². The Morgan fingerprint density at radius 2 is 1.93 bits per heavy atom. The summed E-state index contributed by atoms with van der Waals surface area (Å²) in [5.74, 6) is 0. The van der Waals surface area contributed by atoms with Crippen molar-refractivity contribution in [2.24, 2.45) is 0 Å². The van der Waals surface area contributed by atoms with Gasteiger partial charge in [0.1, 0.15) is 5.01 Å². The zero-order valence-electron chi connectivity index (χ0n) is 9.72. The van der Waals surface area contributed by atoms with Gasteiger partial charge >= 0.3 is 0 Å². The lowest BCUT2D eigenvalue weighted by molar-refractivity contribution is 0.295. The fourth-order valence-electron chi connectivity index (χ4n) is 1.52. The van der Waals surface area contributed by atoms with Gasteiger partial charge in [-0.3, -0.25) is 4.90 Å². The Morgan fingerprint density at radius 3 is 2.33 bits per heavy atom. The van der Waals surface area contributed by atoms with E-state index in [1.165, 1.54) is 15.6 Å². The molecule has 0 saturated carbocycles. The number of nitrogens with zero attached hydrogens (tertiary/aromatic N) is 2. The Balaban J connectivity index is 2.73. The van der Waals surface area contributed by atoms with E-state index in [0.717, 1.165) is 31.4 Å². The quantitative estimate of drug-likeness (QED) is 0.746. The molecule has 0 bridgehead atoms. The van der Waals surface area contributed by atoms with Crippen molar-refractivity contribution in [3.8, 4) is 0 Å². The van der Waals surface area contributed by atoms with E-state index in [1.54, 1.807) is 0 Å². The van der Waals surface area contributed by atoms with Crippen molar-refractivity contribution in [2.75, 3.05) is 13.1 Å². The van der Waals surface area contributed by atoms with Crippen LogP contribution < -0.4 is 0 Å². The Hall–Kier alpha value is 0.0700. The lowest BCUT2D eigenvalue weighted by Crippen LogP contribution is -2.21. The second-order valence-electron chi connectivity index (χ2n) is 3.43.